The van der Waals surface area contributed by atoms with Gasteiger partial charge >= 0.3 is 0 Å². The third kappa shape index (κ3) is 5.66. The molecule has 0 unspecified atom stereocenters. The van der Waals surface area contributed by atoms with Crippen molar-refractivity contribution in [1.29, 1.82) is 0 Å². The predicted molar refractivity (Wildman–Crippen MR) is 71.8 cm³/mol. The van der Waals surface area contributed by atoms with Crippen LogP contribution in [-0.2, 0) is 0 Å². The molecule has 0 aromatic carbocycles. The lowest BCUT2D eigenvalue weighted by Crippen LogP contribution is -2.29. The summed E-state index contributed by atoms with van der Waals surface area (Å²) in [6, 6.07) is 0. The quantitative estimate of drug-likeness (QED) is 0.504. The van der Waals surface area contributed by atoms with Crippen LogP contribution in [0.2, 0.25) is 0 Å². The van der Waals surface area contributed by atoms with Crippen LogP contribution in [0.3, 0.4) is 0 Å². The maximum absolute atomic E-state index is 4.14. The summed E-state index contributed by atoms with van der Waals surface area (Å²) in [5, 5.41) is 3.41. The molecule has 0 aromatic heterocycles. The molecule has 0 saturated heterocycles. The summed E-state index contributed by atoms with van der Waals surface area (Å²) in [5.74, 6) is 0.946. The van der Waals surface area contributed by atoms with Gasteiger partial charge in [-0.15, -0.1) is 0 Å². The molecule has 0 heterocycles. The molecule has 0 bridgehead atoms. The minimum atomic E-state index is 0.946. The molecule has 16 heavy (non-hydrogen) atoms. The van der Waals surface area contributed by atoms with E-state index in [1.165, 1.54) is 44.2 Å². The fraction of sp³-hybridized carbons (Fsp3) is 0.857. The van der Waals surface area contributed by atoms with Crippen LogP contribution < -0.4 is 5.32 Å². The molecule has 1 saturated carbocycles. The summed E-state index contributed by atoms with van der Waals surface area (Å²) in [6.07, 6.45) is 6.95. The van der Waals surface area contributed by atoms with Gasteiger partial charge in [0.25, 0.3) is 0 Å². The third-order valence-corrected chi connectivity index (χ3v) is 3.34. The zero-order valence-corrected chi connectivity index (χ0v) is 11.1. The van der Waals surface area contributed by atoms with Crippen molar-refractivity contribution in [2.24, 2.45) is 5.92 Å². The average molecular weight is 224 g/mol. The molecule has 0 aliphatic heterocycles. The molecular formula is C14H28N2. The molecule has 2 nitrogen and oxygen atoms in total. The van der Waals surface area contributed by atoms with E-state index in [2.05, 4.69) is 30.8 Å². The van der Waals surface area contributed by atoms with Gasteiger partial charge in [-0.05, 0) is 44.3 Å². The number of hydrogen-bond acceptors (Lipinski definition) is 2. The van der Waals surface area contributed by atoms with Crippen LogP contribution in [0.25, 0.3) is 0 Å². The Hall–Kier alpha value is -0.340. The molecule has 1 aliphatic carbocycles. The second kappa shape index (κ2) is 7.86. The monoisotopic (exact) mass is 224 g/mol. The normalized spacial score (nSPS) is 17.2. The molecule has 0 radical (unpaired) electrons. The zero-order valence-electron chi connectivity index (χ0n) is 11.1. The molecule has 0 aromatic rings. The number of hydrogen-bond donors (Lipinski definition) is 1. The van der Waals surface area contributed by atoms with Crippen molar-refractivity contribution in [3.8, 4) is 0 Å². The number of nitrogens with zero attached hydrogens (tertiary/aromatic N) is 1. The number of nitrogens with one attached hydrogen (secondary N) is 1. The maximum Gasteiger partial charge on any atom is 0.0199 e. The highest BCUT2D eigenvalue weighted by Gasteiger charge is 2.16. The van der Waals surface area contributed by atoms with Gasteiger partial charge in [-0.2, -0.15) is 0 Å². The van der Waals surface area contributed by atoms with Crippen LogP contribution in [0.5, 0.6) is 0 Å². The van der Waals surface area contributed by atoms with E-state index in [9.17, 15) is 0 Å². The Balaban J connectivity index is 2.07. The van der Waals surface area contributed by atoms with Gasteiger partial charge in [0.05, 0.1) is 0 Å². The molecule has 1 rings (SSSR count). The SMILES string of the molecule is C=C(CNCCC)CN(C)CC1CCCC1. The molecule has 0 spiro atoms. The fourth-order valence-corrected chi connectivity index (χ4v) is 2.58. The first kappa shape index (κ1) is 13.7. The first-order valence-electron chi connectivity index (χ1n) is 6.78. The molecular weight excluding hydrogens is 196 g/mol. The first-order valence-corrected chi connectivity index (χ1v) is 6.78. The summed E-state index contributed by atoms with van der Waals surface area (Å²) >= 11 is 0. The predicted octanol–water partition coefficient (Wildman–Crippen LogP) is 2.66. The van der Waals surface area contributed by atoms with Crippen LogP contribution in [-0.4, -0.2) is 38.1 Å². The molecule has 94 valence electrons. The van der Waals surface area contributed by atoms with E-state index in [1.54, 1.807) is 0 Å². The number of rotatable bonds is 8. The highest BCUT2D eigenvalue weighted by molar-refractivity contribution is 4.99. The van der Waals surface area contributed by atoms with Crippen molar-refractivity contribution < 1.29 is 0 Å². The highest BCUT2D eigenvalue weighted by atomic mass is 15.1. The van der Waals surface area contributed by atoms with Crippen LogP contribution in [0, 0.1) is 5.92 Å². The highest BCUT2D eigenvalue weighted by Crippen LogP contribution is 2.25. The molecule has 1 aliphatic rings. The van der Waals surface area contributed by atoms with E-state index in [-0.39, 0.29) is 0 Å². The topological polar surface area (TPSA) is 15.3 Å². The third-order valence-electron chi connectivity index (χ3n) is 3.34. The Bertz CT molecular complexity index is 195. The van der Waals surface area contributed by atoms with Crippen LogP contribution in [0.4, 0.5) is 0 Å². The fourth-order valence-electron chi connectivity index (χ4n) is 2.58. The second-order valence-electron chi connectivity index (χ2n) is 5.27. The summed E-state index contributed by atoms with van der Waals surface area (Å²) in [5.41, 5.74) is 1.31. The van der Waals surface area contributed by atoms with Crippen molar-refractivity contribution >= 4 is 0 Å². The Morgan fingerprint density at radius 3 is 2.69 bits per heavy atom. The van der Waals surface area contributed by atoms with E-state index in [0.29, 0.717) is 0 Å². The van der Waals surface area contributed by atoms with Crippen molar-refractivity contribution in [3.63, 3.8) is 0 Å². The molecule has 1 N–H and O–H groups in total. The van der Waals surface area contributed by atoms with Crippen LogP contribution in [0.1, 0.15) is 39.0 Å². The van der Waals surface area contributed by atoms with E-state index in [0.717, 1.165) is 25.6 Å². The van der Waals surface area contributed by atoms with Gasteiger partial charge in [-0.1, -0.05) is 26.3 Å². The summed E-state index contributed by atoms with van der Waals surface area (Å²) < 4.78 is 0. The summed E-state index contributed by atoms with van der Waals surface area (Å²) in [4.78, 5) is 2.44. The van der Waals surface area contributed by atoms with Crippen molar-refractivity contribution in [2.75, 3.05) is 33.2 Å². The van der Waals surface area contributed by atoms with Crippen LogP contribution in [0.15, 0.2) is 12.2 Å². The minimum absolute atomic E-state index is 0.946. The molecule has 0 atom stereocenters. The summed E-state index contributed by atoms with van der Waals surface area (Å²) in [6.45, 7) is 10.7. The molecule has 1 fully saturated rings. The largest absolute Gasteiger partial charge is 0.313 e. The maximum atomic E-state index is 4.14. The van der Waals surface area contributed by atoms with Gasteiger partial charge in [-0.3, -0.25) is 0 Å². The Morgan fingerprint density at radius 1 is 1.38 bits per heavy atom. The van der Waals surface area contributed by atoms with E-state index >= 15 is 0 Å². The summed E-state index contributed by atoms with van der Waals surface area (Å²) in [7, 11) is 2.23. The van der Waals surface area contributed by atoms with Gasteiger partial charge in [0.1, 0.15) is 0 Å². The van der Waals surface area contributed by atoms with E-state index in [4.69, 9.17) is 0 Å². The van der Waals surface area contributed by atoms with Gasteiger partial charge in [0.15, 0.2) is 0 Å². The lowest BCUT2D eigenvalue weighted by atomic mass is 10.1. The Kier molecular flexibility index (Phi) is 6.74. The smallest absolute Gasteiger partial charge is 0.0199 e. The van der Waals surface area contributed by atoms with Gasteiger partial charge in [0.2, 0.25) is 0 Å². The van der Waals surface area contributed by atoms with Crippen molar-refractivity contribution in [3.05, 3.63) is 12.2 Å². The second-order valence-corrected chi connectivity index (χ2v) is 5.27. The lowest BCUT2D eigenvalue weighted by Gasteiger charge is -2.21. The van der Waals surface area contributed by atoms with Gasteiger partial charge in [0, 0.05) is 19.6 Å². The van der Waals surface area contributed by atoms with Crippen LogP contribution >= 0.6 is 0 Å². The number of likely N-dealkylation sites (N-methyl/N-ethyl adjacent to an activating group) is 1. The molecule has 2 heteroatoms. The Morgan fingerprint density at radius 2 is 2.06 bits per heavy atom. The van der Waals surface area contributed by atoms with E-state index < -0.39 is 0 Å². The van der Waals surface area contributed by atoms with Gasteiger partial charge < -0.3 is 10.2 Å². The van der Waals surface area contributed by atoms with Gasteiger partial charge in [-0.25, -0.2) is 0 Å². The van der Waals surface area contributed by atoms with E-state index in [1.807, 2.05) is 0 Å². The average Bonchev–Trinajstić information content (AvgIpc) is 2.70. The molecule has 0 amide bonds. The minimum Gasteiger partial charge on any atom is -0.313 e. The van der Waals surface area contributed by atoms with Crippen molar-refractivity contribution in [2.45, 2.75) is 39.0 Å². The zero-order chi connectivity index (χ0) is 11.8. The standard InChI is InChI=1S/C14H28N2/c1-4-9-15-10-13(2)11-16(3)12-14-7-5-6-8-14/h14-15H,2,4-12H2,1,3H3. The first-order chi connectivity index (χ1) is 7.72. The lowest BCUT2D eigenvalue weighted by molar-refractivity contribution is 0.296. The van der Waals surface area contributed by atoms with Crippen molar-refractivity contribution in [1.82, 2.24) is 10.2 Å². The Labute approximate surface area is 101 Å².